The van der Waals surface area contributed by atoms with Gasteiger partial charge in [-0.05, 0) is 24.4 Å². The monoisotopic (exact) mass is 305 g/mol. The molecule has 0 bridgehead atoms. The van der Waals surface area contributed by atoms with Gasteiger partial charge < -0.3 is 10.4 Å². The quantitative estimate of drug-likeness (QED) is 0.767. The first kappa shape index (κ1) is 15.5. The maximum Gasteiger partial charge on any atom is 0.320 e. The van der Waals surface area contributed by atoms with Crippen LogP contribution < -0.4 is 10.6 Å². The van der Waals surface area contributed by atoms with E-state index in [0.29, 0.717) is 11.4 Å². The molecule has 1 unspecified atom stereocenters. The number of aliphatic hydroxyl groups excluding tert-OH is 1. The minimum atomic E-state index is -0.265. The summed E-state index contributed by atoms with van der Waals surface area (Å²) in [4.78, 5) is 11.9. The number of urea groups is 1. The van der Waals surface area contributed by atoms with Crippen LogP contribution in [0.1, 0.15) is 19.8 Å². The Labute approximate surface area is 128 Å². The second kappa shape index (κ2) is 7.75. The van der Waals surface area contributed by atoms with E-state index in [0.717, 1.165) is 17.7 Å². The topological polar surface area (TPSA) is 74.2 Å². The molecular formula is C15H19N3O2S. The molecule has 0 fully saturated rings. The number of anilines is 1. The highest BCUT2D eigenvalue weighted by Crippen LogP contribution is 2.24. The van der Waals surface area contributed by atoms with Gasteiger partial charge in [0.2, 0.25) is 0 Å². The summed E-state index contributed by atoms with van der Waals surface area (Å²) in [6, 6.07) is 11.4. The maximum absolute atomic E-state index is 11.9. The SMILES string of the molecule is CCC(CCO)NC(=O)Nc1cc(-c2ccccc2)ns1. The lowest BCUT2D eigenvalue weighted by molar-refractivity contribution is 0.237. The minimum absolute atomic E-state index is 0.0171. The predicted molar refractivity (Wildman–Crippen MR) is 85.5 cm³/mol. The number of nitrogens with one attached hydrogen (secondary N) is 2. The third-order valence-electron chi connectivity index (χ3n) is 3.12. The van der Waals surface area contributed by atoms with Crippen LogP contribution in [-0.2, 0) is 0 Å². The Morgan fingerprint density at radius 1 is 1.38 bits per heavy atom. The normalized spacial score (nSPS) is 11.9. The van der Waals surface area contributed by atoms with Gasteiger partial charge in [0.1, 0.15) is 5.00 Å². The zero-order valence-corrected chi connectivity index (χ0v) is 12.7. The summed E-state index contributed by atoms with van der Waals surface area (Å²) in [5.74, 6) is 0. The summed E-state index contributed by atoms with van der Waals surface area (Å²) >= 11 is 1.25. The van der Waals surface area contributed by atoms with Crippen molar-refractivity contribution in [2.75, 3.05) is 11.9 Å². The molecular weight excluding hydrogens is 286 g/mol. The van der Waals surface area contributed by atoms with E-state index >= 15 is 0 Å². The van der Waals surface area contributed by atoms with Crippen molar-refractivity contribution < 1.29 is 9.90 Å². The standard InChI is InChI=1S/C15H19N3O2S/c1-2-12(8-9-19)16-15(20)17-14-10-13(18-21-14)11-6-4-3-5-7-11/h3-7,10,12,19H,2,8-9H2,1H3,(H2,16,17,20). The molecule has 6 heteroatoms. The van der Waals surface area contributed by atoms with Gasteiger partial charge in [-0.15, -0.1) is 0 Å². The fourth-order valence-corrected chi connectivity index (χ4v) is 2.60. The molecule has 1 aromatic heterocycles. The van der Waals surface area contributed by atoms with Gasteiger partial charge in [0.25, 0.3) is 0 Å². The summed E-state index contributed by atoms with van der Waals surface area (Å²) in [5, 5.41) is 15.2. The number of benzene rings is 1. The molecule has 0 aliphatic rings. The molecule has 1 aromatic carbocycles. The zero-order valence-electron chi connectivity index (χ0n) is 11.9. The van der Waals surface area contributed by atoms with Gasteiger partial charge in [0, 0.05) is 24.3 Å². The third-order valence-corrected chi connectivity index (χ3v) is 3.83. The number of carbonyl (C=O) groups excluding carboxylic acids is 1. The average Bonchev–Trinajstić information content (AvgIpc) is 2.96. The highest BCUT2D eigenvalue weighted by atomic mass is 32.1. The largest absolute Gasteiger partial charge is 0.396 e. The number of rotatable bonds is 6. The van der Waals surface area contributed by atoms with Crippen molar-refractivity contribution in [1.82, 2.24) is 9.69 Å². The molecule has 2 amide bonds. The van der Waals surface area contributed by atoms with Crippen LogP contribution >= 0.6 is 11.5 Å². The summed E-state index contributed by atoms with van der Waals surface area (Å²) in [6.07, 6.45) is 1.34. The smallest absolute Gasteiger partial charge is 0.320 e. The summed E-state index contributed by atoms with van der Waals surface area (Å²) in [7, 11) is 0. The molecule has 2 rings (SSSR count). The van der Waals surface area contributed by atoms with Gasteiger partial charge in [-0.2, -0.15) is 4.37 Å². The molecule has 21 heavy (non-hydrogen) atoms. The fourth-order valence-electron chi connectivity index (χ4n) is 1.95. The van der Waals surface area contributed by atoms with Crippen molar-refractivity contribution in [2.45, 2.75) is 25.8 Å². The number of aliphatic hydroxyl groups is 1. The molecule has 0 aliphatic carbocycles. The van der Waals surface area contributed by atoms with Crippen molar-refractivity contribution in [3.05, 3.63) is 36.4 Å². The van der Waals surface area contributed by atoms with E-state index in [1.807, 2.05) is 43.3 Å². The Kier molecular flexibility index (Phi) is 5.71. The number of aromatic nitrogens is 1. The van der Waals surface area contributed by atoms with Gasteiger partial charge in [-0.1, -0.05) is 37.3 Å². The van der Waals surface area contributed by atoms with Crippen LogP contribution in [0.4, 0.5) is 9.80 Å². The Balaban J connectivity index is 1.95. The lowest BCUT2D eigenvalue weighted by Crippen LogP contribution is -2.37. The van der Waals surface area contributed by atoms with E-state index < -0.39 is 0 Å². The van der Waals surface area contributed by atoms with Gasteiger partial charge in [0.15, 0.2) is 0 Å². The van der Waals surface area contributed by atoms with Crippen molar-refractivity contribution in [1.29, 1.82) is 0 Å². The summed E-state index contributed by atoms with van der Waals surface area (Å²) in [6.45, 7) is 2.04. The van der Waals surface area contributed by atoms with Gasteiger partial charge in [-0.25, -0.2) is 4.79 Å². The Bertz CT molecular complexity index is 571. The average molecular weight is 305 g/mol. The van der Waals surface area contributed by atoms with Gasteiger partial charge in [0.05, 0.1) is 5.69 Å². The molecule has 2 aromatic rings. The minimum Gasteiger partial charge on any atom is -0.396 e. The first-order chi connectivity index (χ1) is 10.2. The predicted octanol–water partition coefficient (Wildman–Crippen LogP) is 3.09. The van der Waals surface area contributed by atoms with Crippen LogP contribution in [0, 0.1) is 0 Å². The third kappa shape index (κ3) is 4.54. The van der Waals surface area contributed by atoms with Crippen molar-refractivity contribution >= 4 is 22.6 Å². The Morgan fingerprint density at radius 2 is 2.14 bits per heavy atom. The molecule has 0 radical (unpaired) electrons. The van der Waals surface area contributed by atoms with Crippen molar-refractivity contribution in [3.63, 3.8) is 0 Å². The summed E-state index contributed by atoms with van der Waals surface area (Å²) < 4.78 is 4.33. The molecule has 1 atom stereocenters. The second-order valence-electron chi connectivity index (χ2n) is 4.66. The lowest BCUT2D eigenvalue weighted by atomic mass is 10.1. The maximum atomic E-state index is 11.9. The van der Waals surface area contributed by atoms with E-state index in [4.69, 9.17) is 5.11 Å². The number of carbonyl (C=O) groups is 1. The Hall–Kier alpha value is -1.92. The molecule has 0 saturated heterocycles. The van der Waals surface area contributed by atoms with E-state index in [1.54, 1.807) is 0 Å². The lowest BCUT2D eigenvalue weighted by Gasteiger charge is -2.15. The van der Waals surface area contributed by atoms with E-state index in [-0.39, 0.29) is 18.7 Å². The van der Waals surface area contributed by atoms with Crippen molar-refractivity contribution in [3.8, 4) is 11.3 Å². The van der Waals surface area contributed by atoms with Crippen LogP contribution in [0.25, 0.3) is 11.3 Å². The van der Waals surface area contributed by atoms with Crippen LogP contribution in [0.5, 0.6) is 0 Å². The van der Waals surface area contributed by atoms with Gasteiger partial charge in [-0.3, -0.25) is 5.32 Å². The molecule has 112 valence electrons. The molecule has 3 N–H and O–H groups in total. The first-order valence-corrected chi connectivity index (χ1v) is 7.70. The zero-order chi connectivity index (χ0) is 15.1. The van der Waals surface area contributed by atoms with Crippen molar-refractivity contribution in [2.24, 2.45) is 0 Å². The van der Waals surface area contributed by atoms with Crippen LogP contribution in [0.15, 0.2) is 36.4 Å². The van der Waals surface area contributed by atoms with E-state index in [9.17, 15) is 4.79 Å². The number of hydrogen-bond donors (Lipinski definition) is 3. The molecule has 1 heterocycles. The van der Waals surface area contributed by atoms with Gasteiger partial charge >= 0.3 is 6.03 Å². The Morgan fingerprint density at radius 3 is 2.81 bits per heavy atom. The number of nitrogens with zero attached hydrogens (tertiary/aromatic N) is 1. The highest BCUT2D eigenvalue weighted by molar-refractivity contribution is 7.10. The van der Waals surface area contributed by atoms with Crippen LogP contribution in [0.3, 0.4) is 0 Å². The number of amides is 2. The molecule has 0 aliphatic heterocycles. The van der Waals surface area contributed by atoms with E-state index in [1.165, 1.54) is 11.5 Å². The molecule has 5 nitrogen and oxygen atoms in total. The second-order valence-corrected chi connectivity index (χ2v) is 5.46. The molecule has 0 saturated carbocycles. The van der Waals surface area contributed by atoms with Crippen LogP contribution in [-0.4, -0.2) is 28.2 Å². The highest BCUT2D eigenvalue weighted by Gasteiger charge is 2.11. The van der Waals surface area contributed by atoms with Crippen LogP contribution in [0.2, 0.25) is 0 Å². The summed E-state index contributed by atoms with van der Waals surface area (Å²) in [5.41, 5.74) is 1.87. The first-order valence-electron chi connectivity index (χ1n) is 6.93. The fraction of sp³-hybridized carbons (Fsp3) is 0.333. The molecule has 0 spiro atoms. The number of hydrogen-bond acceptors (Lipinski definition) is 4. The van der Waals surface area contributed by atoms with E-state index in [2.05, 4.69) is 15.0 Å².